The molecule has 0 aromatic heterocycles. The highest BCUT2D eigenvalue weighted by Gasteiger charge is 2.37. The van der Waals surface area contributed by atoms with Gasteiger partial charge in [-0.3, -0.25) is 9.59 Å². The number of hydrogen-bond acceptors (Lipinski definition) is 2. The van der Waals surface area contributed by atoms with Crippen LogP contribution in [0.3, 0.4) is 0 Å². The summed E-state index contributed by atoms with van der Waals surface area (Å²) in [5, 5.41) is 0. The van der Waals surface area contributed by atoms with Gasteiger partial charge >= 0.3 is 0 Å². The first-order valence-corrected chi connectivity index (χ1v) is 9.13. The zero-order valence-corrected chi connectivity index (χ0v) is 16.3. The van der Waals surface area contributed by atoms with Crippen LogP contribution < -0.4 is 5.73 Å². The normalized spacial score (nSPS) is 17.4. The molecular weight excluding hydrogens is 322 g/mol. The molecule has 0 saturated carbocycles. The maximum atomic E-state index is 13.1. The molecule has 2 aromatic carbocycles. The van der Waals surface area contributed by atoms with E-state index >= 15 is 0 Å². The second-order valence-electron chi connectivity index (χ2n) is 8.75. The van der Waals surface area contributed by atoms with Gasteiger partial charge in [-0.2, -0.15) is 0 Å². The number of carbonyl (C=O) groups is 2. The van der Waals surface area contributed by atoms with Gasteiger partial charge in [0.15, 0.2) is 5.78 Å². The number of ketones is 1. The van der Waals surface area contributed by atoms with Crippen molar-refractivity contribution in [1.82, 2.24) is 0 Å². The highest BCUT2D eigenvalue weighted by atomic mass is 16.1. The second kappa shape index (κ2) is 6.08. The summed E-state index contributed by atoms with van der Waals surface area (Å²) in [6.07, 6.45) is 2.26. The molecule has 0 spiro atoms. The van der Waals surface area contributed by atoms with Crippen molar-refractivity contribution in [2.24, 2.45) is 5.73 Å². The third-order valence-electron chi connectivity index (χ3n) is 5.87. The van der Waals surface area contributed by atoms with Gasteiger partial charge in [-0.1, -0.05) is 45.9 Å². The third-order valence-corrected chi connectivity index (χ3v) is 5.87. The SMILES string of the molecule is Cc1cc2c(cc1C(=O)c1ccc(C(N)=O)cc1)C(C)(C)CCC2(C)C. The van der Waals surface area contributed by atoms with E-state index in [-0.39, 0.29) is 16.6 Å². The van der Waals surface area contributed by atoms with Gasteiger partial charge in [-0.15, -0.1) is 0 Å². The molecule has 0 atom stereocenters. The summed E-state index contributed by atoms with van der Waals surface area (Å²) in [5.41, 5.74) is 10.8. The molecule has 0 bridgehead atoms. The predicted molar refractivity (Wildman–Crippen MR) is 105 cm³/mol. The van der Waals surface area contributed by atoms with Crippen molar-refractivity contribution in [2.75, 3.05) is 0 Å². The minimum Gasteiger partial charge on any atom is -0.366 e. The van der Waals surface area contributed by atoms with E-state index in [1.54, 1.807) is 24.3 Å². The van der Waals surface area contributed by atoms with Crippen LogP contribution in [0.5, 0.6) is 0 Å². The Kier molecular flexibility index (Phi) is 4.30. The molecule has 3 rings (SSSR count). The Hall–Kier alpha value is -2.42. The van der Waals surface area contributed by atoms with Crippen LogP contribution in [0.15, 0.2) is 36.4 Å². The second-order valence-corrected chi connectivity index (χ2v) is 8.75. The minimum absolute atomic E-state index is 0.0134. The van der Waals surface area contributed by atoms with Crippen LogP contribution >= 0.6 is 0 Å². The van der Waals surface area contributed by atoms with E-state index in [9.17, 15) is 9.59 Å². The molecule has 2 N–H and O–H groups in total. The first-order valence-electron chi connectivity index (χ1n) is 9.13. The lowest BCUT2D eigenvalue weighted by Crippen LogP contribution is -2.34. The summed E-state index contributed by atoms with van der Waals surface area (Å²) in [6, 6.07) is 10.9. The number of nitrogens with two attached hydrogens (primary N) is 1. The van der Waals surface area contributed by atoms with Crippen LogP contribution in [0.4, 0.5) is 0 Å². The molecule has 0 saturated heterocycles. The predicted octanol–water partition coefficient (Wildman–Crippen LogP) is 4.67. The standard InChI is InChI=1S/C23H27NO2/c1-14-12-18-19(23(4,5)11-10-22(18,2)3)13-17(14)20(25)15-6-8-16(9-7-15)21(24)26/h6-9,12-13H,10-11H2,1-5H3,(H2,24,26). The quantitative estimate of drug-likeness (QED) is 0.818. The molecule has 0 fully saturated rings. The Morgan fingerprint density at radius 1 is 0.846 bits per heavy atom. The van der Waals surface area contributed by atoms with Crippen LogP contribution in [-0.4, -0.2) is 11.7 Å². The van der Waals surface area contributed by atoms with Crippen molar-refractivity contribution in [2.45, 2.75) is 58.3 Å². The van der Waals surface area contributed by atoms with E-state index in [1.807, 2.05) is 6.92 Å². The lowest BCUT2D eigenvalue weighted by Gasteiger charge is -2.42. The van der Waals surface area contributed by atoms with E-state index in [4.69, 9.17) is 5.73 Å². The molecule has 1 aliphatic carbocycles. The van der Waals surface area contributed by atoms with Crippen molar-refractivity contribution in [3.63, 3.8) is 0 Å². The number of hydrogen-bond donors (Lipinski definition) is 1. The summed E-state index contributed by atoms with van der Waals surface area (Å²) in [4.78, 5) is 24.3. The van der Waals surface area contributed by atoms with E-state index in [0.717, 1.165) is 24.0 Å². The summed E-state index contributed by atoms with van der Waals surface area (Å²) in [5.74, 6) is -0.501. The number of aryl methyl sites for hydroxylation is 1. The van der Waals surface area contributed by atoms with Crippen LogP contribution in [0.1, 0.15) is 83.5 Å². The van der Waals surface area contributed by atoms with Crippen LogP contribution in [0, 0.1) is 6.92 Å². The Bertz CT molecular complexity index is 889. The number of fused-ring (bicyclic) bond motifs is 1. The van der Waals surface area contributed by atoms with E-state index in [2.05, 4.69) is 39.8 Å². The summed E-state index contributed by atoms with van der Waals surface area (Å²) in [7, 11) is 0. The Balaban J connectivity index is 2.09. The number of carbonyl (C=O) groups excluding carboxylic acids is 2. The maximum Gasteiger partial charge on any atom is 0.248 e. The van der Waals surface area contributed by atoms with Crippen molar-refractivity contribution in [3.8, 4) is 0 Å². The smallest absolute Gasteiger partial charge is 0.248 e. The van der Waals surface area contributed by atoms with Gasteiger partial charge < -0.3 is 5.73 Å². The number of rotatable bonds is 3. The number of amides is 1. The molecule has 3 nitrogen and oxygen atoms in total. The Labute approximate surface area is 155 Å². The average molecular weight is 349 g/mol. The largest absolute Gasteiger partial charge is 0.366 e. The van der Waals surface area contributed by atoms with Gasteiger partial charge in [-0.25, -0.2) is 0 Å². The van der Waals surface area contributed by atoms with Gasteiger partial charge in [0.25, 0.3) is 0 Å². The number of primary amides is 1. The molecule has 3 heteroatoms. The molecule has 0 aliphatic heterocycles. The van der Waals surface area contributed by atoms with Crippen LogP contribution in [0.2, 0.25) is 0 Å². The van der Waals surface area contributed by atoms with Crippen molar-refractivity contribution in [1.29, 1.82) is 0 Å². The summed E-state index contributed by atoms with van der Waals surface area (Å²) < 4.78 is 0. The lowest BCUT2D eigenvalue weighted by atomic mass is 9.62. The van der Waals surface area contributed by atoms with Gasteiger partial charge in [0.2, 0.25) is 5.91 Å². The van der Waals surface area contributed by atoms with Crippen molar-refractivity contribution in [3.05, 3.63) is 69.8 Å². The van der Waals surface area contributed by atoms with Crippen molar-refractivity contribution < 1.29 is 9.59 Å². The molecule has 2 aromatic rings. The average Bonchev–Trinajstić information content (AvgIpc) is 2.58. The maximum absolute atomic E-state index is 13.1. The summed E-state index contributed by atoms with van der Waals surface area (Å²) in [6.45, 7) is 11.1. The molecule has 0 unspecified atom stereocenters. The first-order chi connectivity index (χ1) is 12.0. The fourth-order valence-electron chi connectivity index (χ4n) is 3.91. The zero-order valence-electron chi connectivity index (χ0n) is 16.3. The molecule has 0 radical (unpaired) electrons. The van der Waals surface area contributed by atoms with Crippen molar-refractivity contribution >= 4 is 11.7 Å². The third kappa shape index (κ3) is 3.07. The zero-order chi connectivity index (χ0) is 19.3. The lowest BCUT2D eigenvalue weighted by molar-refractivity contribution is 0.0996. The monoisotopic (exact) mass is 349 g/mol. The van der Waals surface area contributed by atoms with Crippen LogP contribution in [-0.2, 0) is 10.8 Å². The molecule has 1 amide bonds. The molecule has 1 aliphatic rings. The van der Waals surface area contributed by atoms with Crippen LogP contribution in [0.25, 0.3) is 0 Å². The molecule has 136 valence electrons. The number of benzene rings is 2. The van der Waals surface area contributed by atoms with Gasteiger partial charge in [0.05, 0.1) is 0 Å². The highest BCUT2D eigenvalue weighted by molar-refractivity contribution is 6.10. The van der Waals surface area contributed by atoms with Gasteiger partial charge in [0, 0.05) is 16.7 Å². The first kappa shape index (κ1) is 18.4. The van der Waals surface area contributed by atoms with Gasteiger partial charge in [-0.05, 0) is 65.5 Å². The van der Waals surface area contributed by atoms with Gasteiger partial charge in [0.1, 0.15) is 0 Å². The topological polar surface area (TPSA) is 60.2 Å². The molecular formula is C23H27NO2. The fourth-order valence-corrected chi connectivity index (χ4v) is 3.91. The van der Waals surface area contributed by atoms with E-state index in [1.165, 1.54) is 11.1 Å². The highest BCUT2D eigenvalue weighted by Crippen LogP contribution is 2.46. The molecule has 0 heterocycles. The summed E-state index contributed by atoms with van der Waals surface area (Å²) >= 11 is 0. The van der Waals surface area contributed by atoms with E-state index < -0.39 is 5.91 Å². The van der Waals surface area contributed by atoms with E-state index in [0.29, 0.717) is 11.1 Å². The minimum atomic E-state index is -0.488. The molecule has 26 heavy (non-hydrogen) atoms. The fraction of sp³-hybridized carbons (Fsp3) is 0.391. The Morgan fingerprint density at radius 2 is 1.31 bits per heavy atom. The Morgan fingerprint density at radius 3 is 1.81 bits per heavy atom.